The van der Waals surface area contributed by atoms with Crippen molar-refractivity contribution >= 4 is 23.6 Å². The van der Waals surface area contributed by atoms with Crippen LogP contribution in [0, 0.1) is 11.3 Å². The predicted octanol–water partition coefficient (Wildman–Crippen LogP) is 6.54. The summed E-state index contributed by atoms with van der Waals surface area (Å²) < 4.78 is 80.4. The number of aliphatic hydroxyl groups is 1. The molecule has 14 heteroatoms. The summed E-state index contributed by atoms with van der Waals surface area (Å²) in [6.07, 6.45) is -9.28. The van der Waals surface area contributed by atoms with Gasteiger partial charge in [0.25, 0.3) is 5.91 Å². The fraction of sp³-hybridized carbons (Fsp3) is 0.500. The first kappa shape index (κ1) is 34.7. The minimum atomic E-state index is -5.08. The lowest BCUT2D eigenvalue weighted by Gasteiger charge is -2.41. The lowest BCUT2D eigenvalue weighted by molar-refractivity contribution is -0.146. The van der Waals surface area contributed by atoms with Crippen molar-refractivity contribution in [1.82, 2.24) is 10.2 Å². The number of carbonyl (C=O) groups is 3. The standard InChI is InChI=1S/C30H35F6N3O5/c1-28(2,3)19-8-10-23(11-9-19)39(16-17-4-6-18(7-5-17)25(41)37-15-24(40)26(42)43)27(44)38-22-13-20(29(31,32)33)12-21(14-22)30(34,35)36/h4-7,12-14,19,23-24,40H,8-11,15-16H2,1-3H3,(H,37,41)(H,38,44)(H,42,43)/t19?,23?,24-/m1/s1. The van der Waals surface area contributed by atoms with E-state index in [1.807, 2.05) is 0 Å². The van der Waals surface area contributed by atoms with E-state index in [-0.39, 0.29) is 29.6 Å². The zero-order chi connectivity index (χ0) is 33.0. The fourth-order valence-corrected chi connectivity index (χ4v) is 5.18. The molecule has 0 aliphatic heterocycles. The number of hydrogen-bond donors (Lipinski definition) is 4. The summed E-state index contributed by atoms with van der Waals surface area (Å²) >= 11 is 0. The van der Waals surface area contributed by atoms with Gasteiger partial charge in [-0.3, -0.25) is 4.79 Å². The first-order valence-corrected chi connectivity index (χ1v) is 13.9. The van der Waals surface area contributed by atoms with Crippen LogP contribution < -0.4 is 10.6 Å². The van der Waals surface area contributed by atoms with E-state index in [0.717, 1.165) is 12.8 Å². The number of amides is 3. The fourth-order valence-electron chi connectivity index (χ4n) is 5.18. The number of alkyl halides is 6. The second kappa shape index (κ2) is 13.4. The van der Waals surface area contributed by atoms with Crippen LogP contribution in [0.1, 0.15) is 73.5 Å². The van der Waals surface area contributed by atoms with Crippen LogP contribution in [0.15, 0.2) is 42.5 Å². The molecule has 3 rings (SSSR count). The largest absolute Gasteiger partial charge is 0.479 e. The van der Waals surface area contributed by atoms with Crippen LogP contribution in [0.3, 0.4) is 0 Å². The summed E-state index contributed by atoms with van der Waals surface area (Å²) in [5.74, 6) is -1.80. The molecule has 1 aliphatic carbocycles. The molecule has 1 fully saturated rings. The number of halogens is 6. The monoisotopic (exact) mass is 631 g/mol. The van der Waals surface area contributed by atoms with E-state index in [9.17, 15) is 45.8 Å². The molecule has 3 amide bonds. The summed E-state index contributed by atoms with van der Waals surface area (Å²) in [5.41, 5.74) is -3.08. The first-order chi connectivity index (χ1) is 20.3. The zero-order valence-corrected chi connectivity index (χ0v) is 24.4. The van der Waals surface area contributed by atoms with Gasteiger partial charge in [-0.2, -0.15) is 26.3 Å². The Kier molecular flexibility index (Phi) is 10.6. The Balaban J connectivity index is 1.86. The van der Waals surface area contributed by atoms with Crippen LogP contribution >= 0.6 is 0 Å². The summed E-state index contributed by atoms with van der Waals surface area (Å²) in [7, 11) is 0. The molecular formula is C30H35F6N3O5. The van der Waals surface area contributed by atoms with Crippen molar-refractivity contribution in [3.63, 3.8) is 0 Å². The first-order valence-electron chi connectivity index (χ1n) is 13.9. The molecule has 4 N–H and O–H groups in total. The lowest BCUT2D eigenvalue weighted by Crippen LogP contribution is -2.45. The highest BCUT2D eigenvalue weighted by Crippen LogP contribution is 2.40. The number of nitrogens with one attached hydrogen (secondary N) is 2. The lowest BCUT2D eigenvalue weighted by atomic mass is 9.71. The van der Waals surface area contributed by atoms with Crippen molar-refractivity contribution in [2.24, 2.45) is 11.3 Å². The number of carboxylic acid groups (broad SMARTS) is 1. The van der Waals surface area contributed by atoms with Gasteiger partial charge in [-0.15, -0.1) is 0 Å². The molecule has 2 aromatic rings. The molecule has 0 unspecified atom stereocenters. The van der Waals surface area contributed by atoms with Gasteiger partial charge in [0.15, 0.2) is 6.10 Å². The van der Waals surface area contributed by atoms with Crippen molar-refractivity contribution in [2.45, 2.75) is 77.5 Å². The van der Waals surface area contributed by atoms with Gasteiger partial charge in [-0.25, -0.2) is 9.59 Å². The smallest absolute Gasteiger partial charge is 0.416 e. The SMILES string of the molecule is CC(C)(C)C1CCC(N(Cc2ccc(C(=O)NC[C@@H](O)C(=O)O)cc2)C(=O)Nc2cc(C(F)(F)F)cc(C(F)(F)F)c2)CC1. The molecule has 8 nitrogen and oxygen atoms in total. The third kappa shape index (κ3) is 9.34. The van der Waals surface area contributed by atoms with Gasteiger partial charge < -0.3 is 25.7 Å². The molecule has 2 aromatic carbocycles. The molecule has 1 saturated carbocycles. The third-order valence-corrected chi connectivity index (χ3v) is 7.77. The Bertz CT molecular complexity index is 1300. The Labute approximate surface area is 250 Å². The van der Waals surface area contributed by atoms with Gasteiger partial charge in [0.05, 0.1) is 17.7 Å². The number of carboxylic acids is 1. The van der Waals surface area contributed by atoms with Crippen molar-refractivity contribution < 1.29 is 50.9 Å². The van der Waals surface area contributed by atoms with E-state index in [4.69, 9.17) is 5.11 Å². The third-order valence-electron chi connectivity index (χ3n) is 7.77. The van der Waals surface area contributed by atoms with Gasteiger partial charge >= 0.3 is 24.4 Å². The number of hydrogen-bond acceptors (Lipinski definition) is 4. The number of nitrogens with zero attached hydrogens (tertiary/aromatic N) is 1. The average molecular weight is 632 g/mol. The van der Waals surface area contributed by atoms with Crippen molar-refractivity contribution in [2.75, 3.05) is 11.9 Å². The number of aliphatic carboxylic acids is 1. The molecule has 1 aliphatic rings. The number of rotatable bonds is 8. The Morgan fingerprint density at radius 1 is 0.886 bits per heavy atom. The Hall–Kier alpha value is -3.81. The van der Waals surface area contributed by atoms with E-state index in [1.54, 1.807) is 0 Å². The van der Waals surface area contributed by atoms with Gasteiger partial charge in [-0.05, 0) is 72.9 Å². The van der Waals surface area contributed by atoms with E-state index in [2.05, 4.69) is 31.4 Å². The van der Waals surface area contributed by atoms with Gasteiger partial charge in [-0.1, -0.05) is 32.9 Å². The molecule has 0 spiro atoms. The number of carbonyl (C=O) groups excluding carboxylic acids is 2. The van der Waals surface area contributed by atoms with E-state index >= 15 is 0 Å². The van der Waals surface area contributed by atoms with Crippen molar-refractivity contribution in [1.29, 1.82) is 0 Å². The maximum absolute atomic E-state index is 13.5. The quantitative estimate of drug-likeness (QED) is 0.247. The highest BCUT2D eigenvalue weighted by atomic mass is 19.4. The second-order valence-electron chi connectivity index (χ2n) is 12.0. The Morgan fingerprint density at radius 2 is 1.41 bits per heavy atom. The van der Waals surface area contributed by atoms with Gasteiger partial charge in [0.2, 0.25) is 0 Å². The van der Waals surface area contributed by atoms with Crippen molar-refractivity contribution in [3.8, 4) is 0 Å². The highest BCUT2D eigenvalue weighted by molar-refractivity contribution is 5.94. The van der Waals surface area contributed by atoms with Crippen LogP contribution in [0.5, 0.6) is 0 Å². The molecule has 0 bridgehead atoms. The molecule has 0 heterocycles. The molecule has 0 saturated heterocycles. The molecule has 44 heavy (non-hydrogen) atoms. The van der Waals surface area contributed by atoms with E-state index < -0.39 is 59.7 Å². The number of anilines is 1. The van der Waals surface area contributed by atoms with Crippen LogP contribution in [0.4, 0.5) is 36.8 Å². The second-order valence-corrected chi connectivity index (χ2v) is 12.0. The highest BCUT2D eigenvalue weighted by Gasteiger charge is 2.38. The average Bonchev–Trinajstić information content (AvgIpc) is 2.93. The van der Waals surface area contributed by atoms with E-state index in [1.165, 1.54) is 29.2 Å². The Morgan fingerprint density at radius 3 is 1.86 bits per heavy atom. The molecular weight excluding hydrogens is 596 g/mol. The topological polar surface area (TPSA) is 119 Å². The predicted molar refractivity (Wildman–Crippen MR) is 149 cm³/mol. The maximum atomic E-state index is 13.5. The zero-order valence-electron chi connectivity index (χ0n) is 24.4. The summed E-state index contributed by atoms with van der Waals surface area (Å²) in [6.45, 7) is 5.74. The van der Waals surface area contributed by atoms with E-state index in [0.29, 0.717) is 36.5 Å². The molecule has 242 valence electrons. The maximum Gasteiger partial charge on any atom is 0.416 e. The number of aliphatic hydroxyl groups excluding tert-OH is 1. The van der Waals surface area contributed by atoms with Crippen LogP contribution in [0.2, 0.25) is 0 Å². The number of benzene rings is 2. The summed E-state index contributed by atoms with van der Waals surface area (Å²) in [5, 5.41) is 22.6. The van der Waals surface area contributed by atoms with Crippen molar-refractivity contribution in [3.05, 3.63) is 64.7 Å². The molecule has 0 radical (unpaired) electrons. The van der Waals surface area contributed by atoms with Crippen LogP contribution in [-0.4, -0.2) is 51.7 Å². The van der Waals surface area contributed by atoms with Gasteiger partial charge in [0.1, 0.15) is 0 Å². The molecule has 1 atom stereocenters. The van der Waals surface area contributed by atoms with Crippen LogP contribution in [-0.2, 0) is 23.7 Å². The van der Waals surface area contributed by atoms with Crippen LogP contribution in [0.25, 0.3) is 0 Å². The normalized spacial score (nSPS) is 18.3. The molecule has 0 aromatic heterocycles. The summed E-state index contributed by atoms with van der Waals surface area (Å²) in [6, 6.07) is 5.53. The minimum Gasteiger partial charge on any atom is -0.479 e. The minimum absolute atomic E-state index is 0.0126. The summed E-state index contributed by atoms with van der Waals surface area (Å²) in [4.78, 5) is 38.0. The number of urea groups is 1. The van der Waals surface area contributed by atoms with Gasteiger partial charge in [0, 0.05) is 23.8 Å².